The Morgan fingerprint density at radius 1 is 1.14 bits per heavy atom. The van der Waals surface area contributed by atoms with E-state index in [0.717, 1.165) is 31.3 Å². The average Bonchev–Trinajstić information content (AvgIpc) is 2.53. The topological polar surface area (TPSA) is 60.4 Å². The lowest BCUT2D eigenvalue weighted by molar-refractivity contribution is -0.134. The molecule has 0 saturated heterocycles. The molecule has 5 heteroatoms. The molecule has 122 valence electrons. The summed E-state index contributed by atoms with van der Waals surface area (Å²) in [5, 5.41) is 0. The maximum atomic E-state index is 12.3. The van der Waals surface area contributed by atoms with Gasteiger partial charge in [0.15, 0.2) is 9.84 Å². The molecule has 0 amide bonds. The number of esters is 1. The van der Waals surface area contributed by atoms with Crippen LogP contribution in [0.2, 0.25) is 0 Å². The van der Waals surface area contributed by atoms with Gasteiger partial charge >= 0.3 is 5.97 Å². The normalized spacial score (nSPS) is 12.2. The first-order valence-electron chi connectivity index (χ1n) is 7.54. The van der Waals surface area contributed by atoms with E-state index in [-0.39, 0.29) is 5.75 Å². The summed E-state index contributed by atoms with van der Waals surface area (Å²) in [5.41, 5.74) is 0.833. The Bertz CT molecular complexity index is 588. The van der Waals surface area contributed by atoms with Crippen molar-refractivity contribution < 1.29 is 17.9 Å². The van der Waals surface area contributed by atoms with Crippen LogP contribution in [0.4, 0.5) is 0 Å². The molecule has 0 heterocycles. The summed E-state index contributed by atoms with van der Waals surface area (Å²) in [6, 6.07) is 8.39. The fraction of sp³-hybridized carbons (Fsp3) is 0.471. The Hall–Kier alpha value is -1.62. The van der Waals surface area contributed by atoms with E-state index in [1.165, 1.54) is 13.2 Å². The van der Waals surface area contributed by atoms with Crippen LogP contribution in [0.5, 0.6) is 0 Å². The predicted octanol–water partition coefficient (Wildman–Crippen LogP) is 3.53. The Labute approximate surface area is 133 Å². The number of hydrogen-bond acceptors (Lipinski definition) is 4. The number of carbonyl (C=O) groups is 1. The van der Waals surface area contributed by atoms with E-state index in [1.54, 1.807) is 30.3 Å². The van der Waals surface area contributed by atoms with Crippen molar-refractivity contribution in [1.82, 2.24) is 0 Å². The van der Waals surface area contributed by atoms with E-state index in [9.17, 15) is 13.2 Å². The van der Waals surface area contributed by atoms with Gasteiger partial charge in [-0.15, -0.1) is 0 Å². The van der Waals surface area contributed by atoms with Crippen LogP contribution in [0.3, 0.4) is 0 Å². The van der Waals surface area contributed by atoms with Crippen LogP contribution in [-0.2, 0) is 19.4 Å². The molecule has 0 saturated carbocycles. The molecule has 1 rings (SSSR count). The smallest absolute Gasteiger partial charge is 0.330 e. The molecule has 0 fully saturated rings. The quantitative estimate of drug-likeness (QED) is 0.396. The maximum absolute atomic E-state index is 12.3. The lowest BCUT2D eigenvalue weighted by Gasteiger charge is -2.08. The fourth-order valence-corrected chi connectivity index (χ4v) is 3.45. The molecule has 0 aliphatic rings. The summed E-state index contributed by atoms with van der Waals surface area (Å²) in [6.07, 6.45) is 5.60. The van der Waals surface area contributed by atoms with Crippen molar-refractivity contribution in [2.75, 3.05) is 12.9 Å². The largest absolute Gasteiger partial charge is 0.466 e. The molecule has 1 aromatic carbocycles. The second kappa shape index (κ2) is 9.41. The van der Waals surface area contributed by atoms with Gasteiger partial charge in [0.2, 0.25) is 0 Å². The van der Waals surface area contributed by atoms with E-state index in [2.05, 4.69) is 11.7 Å². The van der Waals surface area contributed by atoms with Gasteiger partial charge in [0.05, 0.1) is 17.8 Å². The summed E-state index contributed by atoms with van der Waals surface area (Å²) in [6.45, 7) is 2.10. The third-order valence-electron chi connectivity index (χ3n) is 3.42. The van der Waals surface area contributed by atoms with Gasteiger partial charge in [-0.2, -0.15) is 0 Å². The molecule has 1 aromatic rings. The standard InChI is InChI=1S/C17H24O4S/c1-3-4-6-9-15(14-17(18)21-2)12-13-22(19,20)16-10-7-5-8-11-16/h5,7-8,10-11,14H,3-4,6,9,12-13H2,1-2H3/b15-14+. The number of unbranched alkanes of at least 4 members (excludes halogenated alkanes) is 2. The first kappa shape index (κ1) is 18.4. The summed E-state index contributed by atoms with van der Waals surface area (Å²) in [5.74, 6) is -0.421. The second-order valence-electron chi connectivity index (χ2n) is 5.16. The molecule has 0 aromatic heterocycles. The van der Waals surface area contributed by atoms with Crippen molar-refractivity contribution in [3.05, 3.63) is 42.0 Å². The van der Waals surface area contributed by atoms with Gasteiger partial charge in [0.25, 0.3) is 0 Å². The fourth-order valence-electron chi connectivity index (χ4n) is 2.11. The lowest BCUT2D eigenvalue weighted by atomic mass is 10.1. The van der Waals surface area contributed by atoms with Crippen LogP contribution in [0.15, 0.2) is 46.9 Å². The van der Waals surface area contributed by atoms with Gasteiger partial charge in [-0.1, -0.05) is 43.5 Å². The molecule has 0 aliphatic carbocycles. The second-order valence-corrected chi connectivity index (χ2v) is 7.27. The molecule has 22 heavy (non-hydrogen) atoms. The summed E-state index contributed by atoms with van der Waals surface area (Å²) >= 11 is 0. The highest BCUT2D eigenvalue weighted by Crippen LogP contribution is 2.18. The first-order valence-corrected chi connectivity index (χ1v) is 9.20. The summed E-state index contributed by atoms with van der Waals surface area (Å²) in [7, 11) is -2.00. The van der Waals surface area contributed by atoms with Crippen molar-refractivity contribution in [3.63, 3.8) is 0 Å². The molecule has 0 radical (unpaired) electrons. The van der Waals surface area contributed by atoms with Crippen LogP contribution in [0.25, 0.3) is 0 Å². The van der Waals surface area contributed by atoms with Gasteiger partial charge in [-0.3, -0.25) is 0 Å². The molecule has 0 atom stereocenters. The van der Waals surface area contributed by atoms with Gasteiger partial charge in [-0.05, 0) is 31.4 Å². The van der Waals surface area contributed by atoms with Crippen LogP contribution in [0, 0.1) is 0 Å². The number of methoxy groups -OCH3 is 1. The number of rotatable bonds is 9. The van der Waals surface area contributed by atoms with Crippen LogP contribution in [0.1, 0.15) is 39.0 Å². The maximum Gasteiger partial charge on any atom is 0.330 e. The Morgan fingerprint density at radius 3 is 2.41 bits per heavy atom. The zero-order chi connectivity index (χ0) is 16.4. The molecular weight excluding hydrogens is 300 g/mol. The van der Waals surface area contributed by atoms with Crippen molar-refractivity contribution >= 4 is 15.8 Å². The van der Waals surface area contributed by atoms with Crippen LogP contribution < -0.4 is 0 Å². The average molecular weight is 324 g/mol. The van der Waals surface area contributed by atoms with Gasteiger partial charge in [-0.25, -0.2) is 13.2 Å². The number of ether oxygens (including phenoxy) is 1. The molecular formula is C17H24O4S. The third-order valence-corrected chi connectivity index (χ3v) is 5.15. The predicted molar refractivity (Wildman–Crippen MR) is 87.4 cm³/mol. The van der Waals surface area contributed by atoms with Gasteiger partial charge in [0.1, 0.15) is 0 Å². The van der Waals surface area contributed by atoms with E-state index < -0.39 is 15.8 Å². The summed E-state index contributed by atoms with van der Waals surface area (Å²) in [4.78, 5) is 11.7. The van der Waals surface area contributed by atoms with Crippen molar-refractivity contribution in [1.29, 1.82) is 0 Å². The highest BCUT2D eigenvalue weighted by Gasteiger charge is 2.15. The van der Waals surface area contributed by atoms with E-state index in [0.29, 0.717) is 11.3 Å². The Balaban J connectivity index is 2.73. The molecule has 0 bridgehead atoms. The first-order chi connectivity index (χ1) is 10.5. The lowest BCUT2D eigenvalue weighted by Crippen LogP contribution is -2.08. The SMILES string of the molecule is CCCCC/C(=C\C(=O)OC)CCS(=O)(=O)c1ccccc1. The molecule has 4 nitrogen and oxygen atoms in total. The number of carbonyl (C=O) groups excluding carboxylic acids is 1. The van der Waals surface area contributed by atoms with Crippen molar-refractivity contribution in [2.24, 2.45) is 0 Å². The van der Waals surface area contributed by atoms with E-state index in [4.69, 9.17) is 0 Å². The van der Waals surface area contributed by atoms with E-state index in [1.807, 2.05) is 0 Å². The molecule has 0 spiro atoms. The number of allylic oxidation sites excluding steroid dienone is 1. The van der Waals surface area contributed by atoms with Gasteiger partial charge < -0.3 is 4.74 Å². The summed E-state index contributed by atoms with van der Waals surface area (Å²) < 4.78 is 29.2. The third kappa shape index (κ3) is 6.43. The van der Waals surface area contributed by atoms with Crippen LogP contribution >= 0.6 is 0 Å². The Morgan fingerprint density at radius 2 is 1.82 bits per heavy atom. The van der Waals surface area contributed by atoms with Crippen LogP contribution in [-0.4, -0.2) is 27.2 Å². The molecule has 0 unspecified atom stereocenters. The monoisotopic (exact) mass is 324 g/mol. The Kier molecular flexibility index (Phi) is 7.88. The number of benzene rings is 1. The number of sulfone groups is 1. The zero-order valence-electron chi connectivity index (χ0n) is 13.2. The minimum atomic E-state index is -3.32. The van der Waals surface area contributed by atoms with E-state index >= 15 is 0 Å². The van der Waals surface area contributed by atoms with Crippen molar-refractivity contribution in [3.8, 4) is 0 Å². The van der Waals surface area contributed by atoms with Gasteiger partial charge in [0, 0.05) is 6.08 Å². The minimum Gasteiger partial charge on any atom is -0.466 e. The molecule has 0 aliphatic heterocycles. The highest BCUT2D eigenvalue weighted by molar-refractivity contribution is 7.91. The number of hydrogen-bond donors (Lipinski definition) is 0. The van der Waals surface area contributed by atoms with Crippen molar-refractivity contribution in [2.45, 2.75) is 43.9 Å². The molecule has 0 N–H and O–H groups in total. The zero-order valence-corrected chi connectivity index (χ0v) is 14.1. The highest BCUT2D eigenvalue weighted by atomic mass is 32.2. The minimum absolute atomic E-state index is 0.00592.